The second-order valence-corrected chi connectivity index (χ2v) is 2.92. The standard InChI is InChI=1S/C8H12N2O2/c1-6(2)8-9-7(12-5-11)4-10(8)3/h4-6H,1-3H3. The number of aromatic nitrogens is 2. The molecule has 0 unspecified atom stereocenters. The third kappa shape index (κ3) is 1.64. The summed E-state index contributed by atoms with van der Waals surface area (Å²) >= 11 is 0. The molecule has 1 aromatic rings. The van der Waals surface area contributed by atoms with Gasteiger partial charge in [0.2, 0.25) is 5.88 Å². The maximum absolute atomic E-state index is 9.99. The van der Waals surface area contributed by atoms with Crippen LogP contribution in [-0.2, 0) is 11.8 Å². The Morgan fingerprint density at radius 2 is 2.33 bits per heavy atom. The van der Waals surface area contributed by atoms with Crippen molar-refractivity contribution >= 4 is 6.47 Å². The van der Waals surface area contributed by atoms with Crippen LogP contribution in [0.15, 0.2) is 6.20 Å². The molecule has 0 aliphatic carbocycles. The quantitative estimate of drug-likeness (QED) is 0.634. The smallest absolute Gasteiger partial charge is 0.299 e. The Morgan fingerprint density at radius 1 is 1.67 bits per heavy atom. The molecule has 0 spiro atoms. The summed E-state index contributed by atoms with van der Waals surface area (Å²) in [6.07, 6.45) is 1.68. The topological polar surface area (TPSA) is 44.1 Å². The molecule has 0 saturated carbocycles. The summed E-state index contributed by atoms with van der Waals surface area (Å²) < 4.78 is 6.46. The molecular weight excluding hydrogens is 156 g/mol. The molecule has 0 fully saturated rings. The van der Waals surface area contributed by atoms with E-state index in [2.05, 4.69) is 9.72 Å². The SMILES string of the molecule is CC(C)c1nc(OC=O)cn1C. The second kappa shape index (κ2) is 3.38. The van der Waals surface area contributed by atoms with E-state index in [1.807, 2.05) is 25.5 Å². The van der Waals surface area contributed by atoms with E-state index in [4.69, 9.17) is 0 Å². The van der Waals surface area contributed by atoms with Gasteiger partial charge in [-0.05, 0) is 0 Å². The highest BCUT2D eigenvalue weighted by Crippen LogP contribution is 2.16. The normalized spacial score (nSPS) is 10.3. The predicted molar refractivity (Wildman–Crippen MR) is 44.0 cm³/mol. The minimum Gasteiger partial charge on any atom is -0.408 e. The summed E-state index contributed by atoms with van der Waals surface area (Å²) in [4.78, 5) is 14.1. The first-order valence-electron chi connectivity index (χ1n) is 3.78. The molecule has 0 saturated heterocycles. The molecule has 0 amide bonds. The van der Waals surface area contributed by atoms with E-state index in [0.29, 0.717) is 18.3 Å². The van der Waals surface area contributed by atoms with E-state index in [-0.39, 0.29) is 0 Å². The van der Waals surface area contributed by atoms with Crippen molar-refractivity contribution in [3.05, 3.63) is 12.0 Å². The highest BCUT2D eigenvalue weighted by atomic mass is 16.5. The third-order valence-electron chi connectivity index (χ3n) is 1.58. The minimum absolute atomic E-state index is 0.332. The van der Waals surface area contributed by atoms with Crippen LogP contribution in [0.5, 0.6) is 5.88 Å². The van der Waals surface area contributed by atoms with Gasteiger partial charge in [-0.25, -0.2) is 0 Å². The number of carbonyl (C=O) groups is 1. The lowest BCUT2D eigenvalue weighted by Crippen LogP contribution is -1.98. The molecule has 0 aromatic carbocycles. The fourth-order valence-electron chi connectivity index (χ4n) is 1.09. The van der Waals surface area contributed by atoms with Crippen LogP contribution in [0, 0.1) is 0 Å². The Morgan fingerprint density at radius 3 is 2.75 bits per heavy atom. The van der Waals surface area contributed by atoms with Crippen molar-refractivity contribution in [3.8, 4) is 5.88 Å². The Labute approximate surface area is 71.2 Å². The van der Waals surface area contributed by atoms with Gasteiger partial charge in [0.15, 0.2) is 0 Å². The lowest BCUT2D eigenvalue weighted by Gasteiger charge is -2.02. The van der Waals surface area contributed by atoms with E-state index in [1.54, 1.807) is 6.20 Å². The number of ether oxygens (including phenoxy) is 1. The fourth-order valence-corrected chi connectivity index (χ4v) is 1.09. The Hall–Kier alpha value is -1.32. The molecule has 66 valence electrons. The second-order valence-electron chi connectivity index (χ2n) is 2.92. The van der Waals surface area contributed by atoms with Crippen LogP contribution in [-0.4, -0.2) is 16.0 Å². The molecule has 4 heteroatoms. The van der Waals surface area contributed by atoms with Crippen LogP contribution in [0.3, 0.4) is 0 Å². The largest absolute Gasteiger partial charge is 0.408 e. The van der Waals surface area contributed by atoms with E-state index in [1.165, 1.54) is 0 Å². The number of nitrogens with zero attached hydrogens (tertiary/aromatic N) is 2. The first-order chi connectivity index (χ1) is 5.65. The Balaban J connectivity index is 2.92. The van der Waals surface area contributed by atoms with Gasteiger partial charge in [-0.2, -0.15) is 4.98 Å². The van der Waals surface area contributed by atoms with E-state index in [9.17, 15) is 4.79 Å². The van der Waals surface area contributed by atoms with Gasteiger partial charge in [-0.1, -0.05) is 13.8 Å². The van der Waals surface area contributed by atoms with Gasteiger partial charge in [0, 0.05) is 13.0 Å². The maximum atomic E-state index is 9.99. The molecule has 0 aliphatic rings. The van der Waals surface area contributed by atoms with Crippen LogP contribution < -0.4 is 4.74 Å². The molecule has 0 N–H and O–H groups in total. The van der Waals surface area contributed by atoms with Crippen molar-refractivity contribution in [2.24, 2.45) is 7.05 Å². The Kier molecular flexibility index (Phi) is 2.47. The summed E-state index contributed by atoms with van der Waals surface area (Å²) in [5.41, 5.74) is 0. The van der Waals surface area contributed by atoms with Crippen LogP contribution in [0.2, 0.25) is 0 Å². The first kappa shape index (κ1) is 8.77. The number of aryl methyl sites for hydroxylation is 1. The summed E-state index contributed by atoms with van der Waals surface area (Å²) in [5.74, 6) is 1.60. The van der Waals surface area contributed by atoms with Gasteiger partial charge in [0.05, 0.1) is 6.20 Å². The van der Waals surface area contributed by atoms with Crippen molar-refractivity contribution < 1.29 is 9.53 Å². The van der Waals surface area contributed by atoms with Gasteiger partial charge in [-0.15, -0.1) is 0 Å². The summed E-state index contributed by atoms with van der Waals surface area (Å²) in [7, 11) is 1.87. The van der Waals surface area contributed by atoms with E-state index in [0.717, 1.165) is 5.82 Å². The number of carbonyl (C=O) groups excluding carboxylic acids is 1. The highest BCUT2D eigenvalue weighted by molar-refractivity contribution is 5.42. The molecular formula is C8H12N2O2. The number of imidazole rings is 1. The zero-order chi connectivity index (χ0) is 9.14. The minimum atomic E-state index is 0.332. The monoisotopic (exact) mass is 168 g/mol. The molecule has 0 atom stereocenters. The summed E-state index contributed by atoms with van der Waals surface area (Å²) in [6, 6.07) is 0. The summed E-state index contributed by atoms with van der Waals surface area (Å²) in [5, 5.41) is 0. The number of rotatable bonds is 3. The van der Waals surface area contributed by atoms with Crippen LogP contribution in [0.25, 0.3) is 0 Å². The molecule has 1 heterocycles. The average Bonchev–Trinajstić information content (AvgIpc) is 2.32. The molecule has 1 aromatic heterocycles. The van der Waals surface area contributed by atoms with Crippen molar-refractivity contribution in [1.82, 2.24) is 9.55 Å². The van der Waals surface area contributed by atoms with E-state index >= 15 is 0 Å². The molecule has 0 radical (unpaired) electrons. The third-order valence-corrected chi connectivity index (χ3v) is 1.58. The van der Waals surface area contributed by atoms with Gasteiger partial charge in [0.1, 0.15) is 5.82 Å². The van der Waals surface area contributed by atoms with Gasteiger partial charge in [0.25, 0.3) is 6.47 Å². The van der Waals surface area contributed by atoms with Gasteiger partial charge in [-0.3, -0.25) is 4.79 Å². The van der Waals surface area contributed by atoms with Crippen molar-refractivity contribution in [3.63, 3.8) is 0 Å². The molecule has 4 nitrogen and oxygen atoms in total. The number of hydrogen-bond donors (Lipinski definition) is 0. The highest BCUT2D eigenvalue weighted by Gasteiger charge is 2.08. The van der Waals surface area contributed by atoms with Gasteiger partial charge < -0.3 is 9.30 Å². The zero-order valence-electron chi connectivity index (χ0n) is 7.44. The Bertz CT molecular complexity index is 279. The van der Waals surface area contributed by atoms with Crippen molar-refractivity contribution in [1.29, 1.82) is 0 Å². The fraction of sp³-hybridized carbons (Fsp3) is 0.500. The van der Waals surface area contributed by atoms with Crippen molar-refractivity contribution in [2.75, 3.05) is 0 Å². The number of hydrogen-bond acceptors (Lipinski definition) is 3. The molecule has 12 heavy (non-hydrogen) atoms. The summed E-state index contributed by atoms with van der Waals surface area (Å²) in [6.45, 7) is 4.45. The van der Waals surface area contributed by atoms with Crippen LogP contribution in [0.4, 0.5) is 0 Å². The van der Waals surface area contributed by atoms with Crippen LogP contribution >= 0.6 is 0 Å². The first-order valence-corrected chi connectivity index (χ1v) is 3.78. The maximum Gasteiger partial charge on any atom is 0.299 e. The van der Waals surface area contributed by atoms with Crippen molar-refractivity contribution in [2.45, 2.75) is 19.8 Å². The molecule has 0 aliphatic heterocycles. The molecule has 1 rings (SSSR count). The van der Waals surface area contributed by atoms with Gasteiger partial charge >= 0.3 is 0 Å². The van der Waals surface area contributed by atoms with Crippen LogP contribution in [0.1, 0.15) is 25.6 Å². The van der Waals surface area contributed by atoms with E-state index < -0.39 is 0 Å². The molecule has 0 bridgehead atoms. The predicted octanol–water partition coefficient (Wildman–Crippen LogP) is 1.08. The zero-order valence-corrected chi connectivity index (χ0v) is 7.44. The lowest BCUT2D eigenvalue weighted by atomic mass is 10.2. The lowest BCUT2D eigenvalue weighted by molar-refractivity contribution is -0.120. The average molecular weight is 168 g/mol.